The summed E-state index contributed by atoms with van der Waals surface area (Å²) in [6.07, 6.45) is 4.02. The van der Waals surface area contributed by atoms with Gasteiger partial charge in [-0.2, -0.15) is 5.10 Å². The van der Waals surface area contributed by atoms with Gasteiger partial charge in [0.15, 0.2) is 0 Å². The maximum absolute atomic E-state index is 13.7. The van der Waals surface area contributed by atoms with Crippen LogP contribution in [0, 0.1) is 11.7 Å². The molecule has 1 aromatic carbocycles. The molecule has 2 N–H and O–H groups in total. The van der Waals surface area contributed by atoms with E-state index in [1.54, 1.807) is 30.2 Å². The Bertz CT molecular complexity index is 815. The molecule has 1 aromatic heterocycles. The molecule has 1 unspecified atom stereocenters. The number of halogens is 1. The lowest BCUT2D eigenvalue weighted by Gasteiger charge is -2.37. The first-order valence-corrected chi connectivity index (χ1v) is 9.39. The van der Waals surface area contributed by atoms with Gasteiger partial charge in [0.05, 0.1) is 24.1 Å². The summed E-state index contributed by atoms with van der Waals surface area (Å²) in [6, 6.07) is 5.35. The fourth-order valence-corrected chi connectivity index (χ4v) is 4.44. The Morgan fingerprint density at radius 2 is 2.12 bits per heavy atom. The van der Waals surface area contributed by atoms with E-state index in [0.29, 0.717) is 12.8 Å². The SMILES string of the molecule is Cn1cc(C(NS(=O)(=O)Cc2ccccc2F)C2CC(O)C2)cn1. The van der Waals surface area contributed by atoms with Crippen molar-refractivity contribution in [2.75, 3.05) is 0 Å². The van der Waals surface area contributed by atoms with Gasteiger partial charge in [-0.3, -0.25) is 4.68 Å². The van der Waals surface area contributed by atoms with Gasteiger partial charge in [0, 0.05) is 24.4 Å². The summed E-state index contributed by atoms with van der Waals surface area (Å²) in [4.78, 5) is 0. The van der Waals surface area contributed by atoms with Crippen LogP contribution in [-0.4, -0.2) is 29.4 Å². The number of aliphatic hydroxyl groups is 1. The normalized spacial score (nSPS) is 22.1. The molecule has 0 spiro atoms. The molecule has 1 fully saturated rings. The van der Waals surface area contributed by atoms with E-state index in [9.17, 15) is 17.9 Å². The zero-order valence-corrected chi connectivity index (χ0v) is 14.1. The summed E-state index contributed by atoms with van der Waals surface area (Å²) in [5.74, 6) is -0.967. The van der Waals surface area contributed by atoms with Gasteiger partial charge in [-0.15, -0.1) is 0 Å². The maximum Gasteiger partial charge on any atom is 0.216 e. The van der Waals surface area contributed by atoms with E-state index in [-0.39, 0.29) is 11.5 Å². The van der Waals surface area contributed by atoms with Gasteiger partial charge in [-0.25, -0.2) is 17.5 Å². The molecule has 1 atom stereocenters. The molecule has 1 aliphatic carbocycles. The highest BCUT2D eigenvalue weighted by molar-refractivity contribution is 7.88. The molecule has 1 saturated carbocycles. The lowest BCUT2D eigenvalue weighted by Crippen LogP contribution is -2.41. The molecule has 24 heavy (non-hydrogen) atoms. The molecule has 3 rings (SSSR count). The minimum Gasteiger partial charge on any atom is -0.393 e. The van der Waals surface area contributed by atoms with E-state index in [0.717, 1.165) is 5.56 Å². The minimum absolute atomic E-state index is 0.000375. The van der Waals surface area contributed by atoms with Crippen molar-refractivity contribution in [1.82, 2.24) is 14.5 Å². The van der Waals surface area contributed by atoms with Crippen LogP contribution in [0.2, 0.25) is 0 Å². The van der Waals surface area contributed by atoms with Gasteiger partial charge in [-0.05, 0) is 24.8 Å². The monoisotopic (exact) mass is 353 g/mol. The molecule has 8 heteroatoms. The first-order chi connectivity index (χ1) is 11.3. The maximum atomic E-state index is 13.7. The van der Waals surface area contributed by atoms with Gasteiger partial charge in [-0.1, -0.05) is 18.2 Å². The molecule has 0 bridgehead atoms. The lowest BCUT2D eigenvalue weighted by molar-refractivity contribution is 0.0280. The fraction of sp³-hybridized carbons (Fsp3) is 0.438. The molecular weight excluding hydrogens is 333 g/mol. The summed E-state index contributed by atoms with van der Waals surface area (Å²) in [5.41, 5.74) is 0.870. The van der Waals surface area contributed by atoms with Gasteiger partial charge in [0.25, 0.3) is 0 Å². The van der Waals surface area contributed by atoms with Gasteiger partial charge in [0.2, 0.25) is 10.0 Å². The Balaban J connectivity index is 1.80. The number of aromatic nitrogens is 2. The smallest absolute Gasteiger partial charge is 0.216 e. The molecule has 130 valence electrons. The van der Waals surface area contributed by atoms with Crippen molar-refractivity contribution in [3.05, 3.63) is 53.6 Å². The predicted molar refractivity (Wildman–Crippen MR) is 86.8 cm³/mol. The second kappa shape index (κ2) is 6.62. The second-order valence-electron chi connectivity index (χ2n) is 6.28. The van der Waals surface area contributed by atoms with E-state index < -0.39 is 33.7 Å². The Hall–Kier alpha value is -1.77. The van der Waals surface area contributed by atoms with Crippen molar-refractivity contribution in [3.63, 3.8) is 0 Å². The second-order valence-corrected chi connectivity index (χ2v) is 8.03. The van der Waals surface area contributed by atoms with Crippen LogP contribution in [-0.2, 0) is 22.8 Å². The third kappa shape index (κ3) is 3.82. The summed E-state index contributed by atoms with van der Waals surface area (Å²) in [7, 11) is -1.99. The van der Waals surface area contributed by atoms with Crippen LogP contribution in [0.3, 0.4) is 0 Å². The van der Waals surface area contributed by atoms with Crippen LogP contribution < -0.4 is 4.72 Å². The number of hydrogen-bond acceptors (Lipinski definition) is 4. The van der Waals surface area contributed by atoms with Crippen LogP contribution in [0.1, 0.15) is 30.0 Å². The average molecular weight is 353 g/mol. The quantitative estimate of drug-likeness (QED) is 0.824. The first kappa shape index (κ1) is 17.1. The highest BCUT2D eigenvalue weighted by Gasteiger charge is 2.37. The highest BCUT2D eigenvalue weighted by atomic mass is 32.2. The molecule has 0 aliphatic heterocycles. The highest BCUT2D eigenvalue weighted by Crippen LogP contribution is 2.38. The van der Waals surface area contributed by atoms with Crippen LogP contribution >= 0.6 is 0 Å². The number of nitrogens with zero attached hydrogens (tertiary/aromatic N) is 2. The van der Waals surface area contributed by atoms with Crippen molar-refractivity contribution < 1.29 is 17.9 Å². The van der Waals surface area contributed by atoms with Crippen LogP contribution in [0.5, 0.6) is 0 Å². The van der Waals surface area contributed by atoms with Crippen molar-refractivity contribution in [2.24, 2.45) is 13.0 Å². The number of sulfonamides is 1. The third-order valence-electron chi connectivity index (χ3n) is 4.31. The zero-order chi connectivity index (χ0) is 17.3. The zero-order valence-electron chi connectivity index (χ0n) is 13.3. The van der Waals surface area contributed by atoms with Crippen molar-refractivity contribution in [2.45, 2.75) is 30.7 Å². The van der Waals surface area contributed by atoms with Crippen LogP contribution in [0.15, 0.2) is 36.7 Å². The van der Waals surface area contributed by atoms with E-state index >= 15 is 0 Å². The van der Waals surface area contributed by atoms with Crippen LogP contribution in [0.4, 0.5) is 4.39 Å². The molecular formula is C16H20FN3O3S. The number of nitrogens with one attached hydrogen (secondary N) is 1. The van der Waals surface area contributed by atoms with E-state index in [1.165, 1.54) is 18.2 Å². The largest absolute Gasteiger partial charge is 0.393 e. The summed E-state index contributed by atoms with van der Waals surface area (Å²) in [6.45, 7) is 0. The Morgan fingerprint density at radius 3 is 2.71 bits per heavy atom. The summed E-state index contributed by atoms with van der Waals surface area (Å²) in [5, 5.41) is 13.6. The Morgan fingerprint density at radius 1 is 1.42 bits per heavy atom. The molecule has 6 nitrogen and oxygen atoms in total. The average Bonchev–Trinajstić information content (AvgIpc) is 2.91. The van der Waals surface area contributed by atoms with E-state index in [1.807, 2.05) is 0 Å². The predicted octanol–water partition coefficient (Wildman–Crippen LogP) is 1.49. The number of hydrogen-bond donors (Lipinski definition) is 2. The Labute approximate surface area is 140 Å². The summed E-state index contributed by atoms with van der Waals surface area (Å²) < 4.78 is 43.0. The van der Waals surface area contributed by atoms with Gasteiger partial charge >= 0.3 is 0 Å². The van der Waals surface area contributed by atoms with Gasteiger partial charge in [0.1, 0.15) is 5.82 Å². The van der Waals surface area contributed by atoms with Crippen molar-refractivity contribution >= 4 is 10.0 Å². The number of rotatable bonds is 6. The van der Waals surface area contributed by atoms with Crippen molar-refractivity contribution in [1.29, 1.82) is 0 Å². The molecule has 0 radical (unpaired) electrons. The molecule has 1 aliphatic rings. The van der Waals surface area contributed by atoms with Crippen molar-refractivity contribution in [3.8, 4) is 0 Å². The third-order valence-corrected chi connectivity index (χ3v) is 5.62. The summed E-state index contributed by atoms with van der Waals surface area (Å²) >= 11 is 0. The number of aliphatic hydroxyl groups excluding tert-OH is 1. The molecule has 0 amide bonds. The van der Waals surface area contributed by atoms with Crippen LogP contribution in [0.25, 0.3) is 0 Å². The number of benzene rings is 1. The molecule has 0 saturated heterocycles. The topological polar surface area (TPSA) is 84.2 Å². The van der Waals surface area contributed by atoms with Gasteiger partial charge < -0.3 is 5.11 Å². The standard InChI is InChI=1S/C16H20FN3O3S/c1-20-9-13(8-18-20)16(12-6-14(21)7-12)19-24(22,23)10-11-4-2-3-5-15(11)17/h2-5,8-9,12,14,16,19,21H,6-7,10H2,1H3. The van der Waals surface area contributed by atoms with E-state index in [2.05, 4.69) is 9.82 Å². The first-order valence-electron chi connectivity index (χ1n) is 7.74. The molecule has 1 heterocycles. The fourth-order valence-electron chi connectivity index (χ4n) is 2.99. The number of aryl methyl sites for hydroxylation is 1. The minimum atomic E-state index is -3.74. The Kier molecular flexibility index (Phi) is 4.71. The van der Waals surface area contributed by atoms with E-state index in [4.69, 9.17) is 0 Å². The molecule has 2 aromatic rings. The lowest BCUT2D eigenvalue weighted by atomic mass is 9.76.